The molecule has 0 aromatic heterocycles. The topological polar surface area (TPSA) is 72.6 Å². The van der Waals surface area contributed by atoms with Crippen LogP contribution < -0.4 is 10.6 Å². The Kier molecular flexibility index (Phi) is 3.29. The molecule has 0 spiro atoms. The number of nitrogens with zero attached hydrogens (tertiary/aromatic N) is 1. The largest absolute Gasteiger partial charge is 0.468 e. The smallest absolute Gasteiger partial charge is 0.325 e. The molecular weight excluding hydrogens is 239 g/mol. The van der Waals surface area contributed by atoms with Crippen LogP contribution in [0.15, 0.2) is 18.2 Å². The van der Waals surface area contributed by atoms with Crippen LogP contribution in [0.3, 0.4) is 0 Å². The number of carbonyl (C=O) groups is 2. The van der Waals surface area contributed by atoms with Crippen LogP contribution in [0.25, 0.3) is 0 Å². The molecule has 0 saturated heterocycles. The second kappa shape index (κ2) is 4.73. The maximum absolute atomic E-state index is 13.2. The van der Waals surface area contributed by atoms with E-state index in [0.717, 1.165) is 5.56 Å². The average Bonchev–Trinajstić information content (AvgIpc) is 2.35. The summed E-state index contributed by atoms with van der Waals surface area (Å²) in [5.74, 6) is -1.45. The molecule has 1 aromatic rings. The number of ether oxygens (including phenoxy) is 1. The predicted molar refractivity (Wildman–Crippen MR) is 62.4 cm³/mol. The SMILES string of the molecule is COC(=O)CN1C(=O)C(N)Cc2ccc(F)cc21. The van der Waals surface area contributed by atoms with Gasteiger partial charge in [0.1, 0.15) is 12.4 Å². The lowest BCUT2D eigenvalue weighted by Crippen LogP contribution is -2.50. The maximum Gasteiger partial charge on any atom is 0.325 e. The number of esters is 1. The molecule has 5 nitrogen and oxygen atoms in total. The Morgan fingerprint density at radius 1 is 1.61 bits per heavy atom. The Balaban J connectivity index is 2.40. The molecule has 2 rings (SSSR count). The first-order valence-electron chi connectivity index (χ1n) is 5.45. The van der Waals surface area contributed by atoms with Gasteiger partial charge in [0.05, 0.1) is 18.8 Å². The standard InChI is InChI=1S/C12H13FN2O3/c1-18-11(16)6-15-10-5-8(13)3-2-7(10)4-9(14)12(15)17/h2-3,5,9H,4,6,14H2,1H3. The van der Waals surface area contributed by atoms with E-state index in [1.165, 1.54) is 24.1 Å². The van der Waals surface area contributed by atoms with E-state index >= 15 is 0 Å². The molecule has 96 valence electrons. The molecule has 1 amide bonds. The quantitative estimate of drug-likeness (QED) is 0.764. The van der Waals surface area contributed by atoms with Gasteiger partial charge in [-0.15, -0.1) is 0 Å². The average molecular weight is 252 g/mol. The fraction of sp³-hybridized carbons (Fsp3) is 0.333. The minimum atomic E-state index is -0.715. The van der Waals surface area contributed by atoms with Gasteiger partial charge in [-0.05, 0) is 24.1 Å². The molecule has 0 fully saturated rings. The summed E-state index contributed by atoms with van der Waals surface area (Å²) in [6.07, 6.45) is 0.339. The molecule has 0 bridgehead atoms. The summed E-state index contributed by atoms with van der Waals surface area (Å²) in [7, 11) is 1.23. The Hall–Kier alpha value is -1.95. The molecule has 18 heavy (non-hydrogen) atoms. The van der Waals surface area contributed by atoms with Gasteiger partial charge >= 0.3 is 5.97 Å². The van der Waals surface area contributed by atoms with Crippen molar-refractivity contribution in [1.29, 1.82) is 0 Å². The minimum absolute atomic E-state index is 0.264. The minimum Gasteiger partial charge on any atom is -0.468 e. The lowest BCUT2D eigenvalue weighted by Gasteiger charge is -2.31. The molecular formula is C12H13FN2O3. The van der Waals surface area contributed by atoms with Gasteiger partial charge in [0.25, 0.3) is 0 Å². The van der Waals surface area contributed by atoms with E-state index in [9.17, 15) is 14.0 Å². The van der Waals surface area contributed by atoms with E-state index in [-0.39, 0.29) is 6.54 Å². The fourth-order valence-corrected chi connectivity index (χ4v) is 1.96. The first-order chi connectivity index (χ1) is 8.52. The van der Waals surface area contributed by atoms with Crippen molar-refractivity contribution in [1.82, 2.24) is 0 Å². The number of fused-ring (bicyclic) bond motifs is 1. The predicted octanol–water partition coefficient (Wildman–Crippen LogP) is 0.215. The van der Waals surface area contributed by atoms with Crippen molar-refractivity contribution < 1.29 is 18.7 Å². The van der Waals surface area contributed by atoms with Crippen molar-refractivity contribution in [3.8, 4) is 0 Å². The normalized spacial score (nSPS) is 18.5. The molecule has 1 unspecified atom stereocenters. The van der Waals surface area contributed by atoms with Crippen LogP contribution in [0, 0.1) is 5.82 Å². The third kappa shape index (κ3) is 2.19. The summed E-state index contributed by atoms with van der Waals surface area (Å²) < 4.78 is 17.7. The zero-order chi connectivity index (χ0) is 13.3. The van der Waals surface area contributed by atoms with Gasteiger partial charge in [-0.2, -0.15) is 0 Å². The van der Waals surface area contributed by atoms with E-state index in [0.29, 0.717) is 12.1 Å². The van der Waals surface area contributed by atoms with Crippen molar-refractivity contribution in [2.24, 2.45) is 5.73 Å². The monoisotopic (exact) mass is 252 g/mol. The fourth-order valence-electron chi connectivity index (χ4n) is 1.96. The summed E-state index contributed by atoms with van der Waals surface area (Å²) in [5.41, 5.74) is 6.83. The number of hydrogen-bond acceptors (Lipinski definition) is 4. The molecule has 0 aliphatic carbocycles. The van der Waals surface area contributed by atoms with Crippen LogP contribution in [-0.2, 0) is 20.7 Å². The van der Waals surface area contributed by atoms with E-state index in [4.69, 9.17) is 5.73 Å². The highest BCUT2D eigenvalue weighted by Gasteiger charge is 2.32. The van der Waals surface area contributed by atoms with Gasteiger partial charge in [-0.3, -0.25) is 14.5 Å². The molecule has 1 atom stereocenters. The van der Waals surface area contributed by atoms with Crippen LogP contribution in [0.4, 0.5) is 10.1 Å². The number of nitrogens with two attached hydrogens (primary N) is 1. The number of hydrogen-bond donors (Lipinski definition) is 1. The lowest BCUT2D eigenvalue weighted by atomic mass is 9.97. The van der Waals surface area contributed by atoms with Crippen molar-refractivity contribution in [2.75, 3.05) is 18.6 Å². The third-order valence-corrected chi connectivity index (χ3v) is 2.88. The Labute approximate surface area is 103 Å². The highest BCUT2D eigenvalue weighted by atomic mass is 19.1. The van der Waals surface area contributed by atoms with Crippen LogP contribution in [0.2, 0.25) is 0 Å². The number of anilines is 1. The van der Waals surface area contributed by atoms with Crippen molar-refractivity contribution in [2.45, 2.75) is 12.5 Å². The zero-order valence-corrected chi connectivity index (χ0v) is 9.85. The first-order valence-corrected chi connectivity index (χ1v) is 5.45. The number of halogens is 1. The van der Waals surface area contributed by atoms with Gasteiger partial charge in [0, 0.05) is 0 Å². The molecule has 6 heteroatoms. The van der Waals surface area contributed by atoms with E-state index in [1.807, 2.05) is 0 Å². The zero-order valence-electron chi connectivity index (χ0n) is 9.85. The Bertz CT molecular complexity index is 504. The van der Waals surface area contributed by atoms with Crippen LogP contribution in [-0.4, -0.2) is 31.6 Å². The number of benzene rings is 1. The summed E-state index contributed by atoms with van der Waals surface area (Å²) in [5, 5.41) is 0. The van der Waals surface area contributed by atoms with Gasteiger partial charge in [-0.1, -0.05) is 6.07 Å². The first kappa shape index (κ1) is 12.5. The molecule has 1 aliphatic heterocycles. The molecule has 1 heterocycles. The molecule has 0 radical (unpaired) electrons. The highest BCUT2D eigenvalue weighted by molar-refractivity contribution is 6.03. The number of amides is 1. The number of methoxy groups -OCH3 is 1. The Morgan fingerprint density at radius 3 is 3.00 bits per heavy atom. The second-order valence-electron chi connectivity index (χ2n) is 4.08. The summed E-state index contributed by atoms with van der Waals surface area (Å²) >= 11 is 0. The van der Waals surface area contributed by atoms with Crippen molar-refractivity contribution in [3.63, 3.8) is 0 Å². The van der Waals surface area contributed by atoms with E-state index in [2.05, 4.69) is 4.74 Å². The summed E-state index contributed by atoms with van der Waals surface area (Å²) in [4.78, 5) is 24.4. The molecule has 1 aliphatic rings. The van der Waals surface area contributed by atoms with Gasteiger partial charge in [0.15, 0.2) is 0 Å². The van der Waals surface area contributed by atoms with Crippen molar-refractivity contribution >= 4 is 17.6 Å². The Morgan fingerprint density at radius 2 is 2.33 bits per heavy atom. The van der Waals surface area contributed by atoms with Crippen molar-refractivity contribution in [3.05, 3.63) is 29.6 Å². The van der Waals surface area contributed by atoms with Gasteiger partial charge < -0.3 is 10.5 Å². The van der Waals surface area contributed by atoms with Crippen LogP contribution in [0.1, 0.15) is 5.56 Å². The number of carbonyl (C=O) groups excluding carboxylic acids is 2. The van der Waals surface area contributed by atoms with E-state index < -0.39 is 23.7 Å². The van der Waals surface area contributed by atoms with Crippen LogP contribution >= 0.6 is 0 Å². The second-order valence-corrected chi connectivity index (χ2v) is 4.08. The lowest BCUT2D eigenvalue weighted by molar-refractivity contribution is -0.140. The summed E-state index contributed by atoms with van der Waals surface area (Å²) in [6.45, 7) is -0.264. The van der Waals surface area contributed by atoms with Crippen LogP contribution in [0.5, 0.6) is 0 Å². The highest BCUT2D eigenvalue weighted by Crippen LogP contribution is 2.28. The third-order valence-electron chi connectivity index (χ3n) is 2.88. The number of rotatable bonds is 2. The molecule has 1 aromatic carbocycles. The van der Waals surface area contributed by atoms with Gasteiger partial charge in [0.2, 0.25) is 5.91 Å². The van der Waals surface area contributed by atoms with E-state index in [1.54, 1.807) is 6.07 Å². The molecule has 2 N–H and O–H groups in total. The maximum atomic E-state index is 13.2. The van der Waals surface area contributed by atoms with Gasteiger partial charge in [-0.25, -0.2) is 4.39 Å². The molecule has 0 saturated carbocycles. The summed E-state index contributed by atoms with van der Waals surface area (Å²) in [6, 6.07) is 3.38.